The van der Waals surface area contributed by atoms with E-state index in [9.17, 15) is 0 Å². The van der Waals surface area contributed by atoms with Crippen LogP contribution in [0.15, 0.2) is 60.7 Å². The van der Waals surface area contributed by atoms with Gasteiger partial charge in [-0.25, -0.2) is 0 Å². The van der Waals surface area contributed by atoms with E-state index in [4.69, 9.17) is 11.1 Å². The Bertz CT molecular complexity index is 412. The lowest BCUT2D eigenvalue weighted by atomic mass is 10.0. The molecule has 0 N–H and O–H groups in total. The Labute approximate surface area is 123 Å². The number of hydrogen-bond donors (Lipinski definition) is 0. The molecule has 0 spiro atoms. The molecule has 2 rings (SSSR count). The molecule has 2 aromatic carbocycles. The van der Waals surface area contributed by atoms with Crippen LogP contribution in [0, 0.1) is 0 Å². The quantitative estimate of drug-likeness (QED) is 0.502. The maximum atomic E-state index is 6.13. The SMILES string of the molecule is Cl[Si]C(CCc1ccccc1)CCc1ccccc1. The molecular formula is C17H19ClSi. The summed E-state index contributed by atoms with van der Waals surface area (Å²) in [6.07, 6.45) is 4.66. The van der Waals surface area contributed by atoms with Gasteiger partial charge in [0.15, 0.2) is 8.83 Å². The lowest BCUT2D eigenvalue weighted by Crippen LogP contribution is -2.02. The van der Waals surface area contributed by atoms with E-state index >= 15 is 0 Å². The first-order valence-electron chi connectivity index (χ1n) is 6.82. The van der Waals surface area contributed by atoms with E-state index in [-0.39, 0.29) is 0 Å². The van der Waals surface area contributed by atoms with Crippen LogP contribution in [-0.2, 0) is 12.8 Å². The second kappa shape index (κ2) is 8.18. The molecule has 0 aliphatic heterocycles. The molecule has 98 valence electrons. The molecule has 0 fully saturated rings. The molecule has 0 atom stereocenters. The third-order valence-electron chi connectivity index (χ3n) is 3.40. The monoisotopic (exact) mass is 286 g/mol. The average molecular weight is 287 g/mol. The van der Waals surface area contributed by atoms with Crippen molar-refractivity contribution >= 4 is 19.9 Å². The molecule has 2 radical (unpaired) electrons. The Kier molecular flexibility index (Phi) is 6.18. The van der Waals surface area contributed by atoms with E-state index < -0.39 is 0 Å². The summed E-state index contributed by atoms with van der Waals surface area (Å²) in [6.45, 7) is 0. The molecular weight excluding hydrogens is 268 g/mol. The molecule has 0 bridgehead atoms. The summed E-state index contributed by atoms with van der Waals surface area (Å²) in [5.41, 5.74) is 3.48. The first-order chi connectivity index (χ1) is 9.38. The molecule has 0 heterocycles. The fourth-order valence-corrected chi connectivity index (χ4v) is 3.39. The van der Waals surface area contributed by atoms with Crippen LogP contribution in [0.3, 0.4) is 0 Å². The van der Waals surface area contributed by atoms with Crippen molar-refractivity contribution in [2.45, 2.75) is 31.2 Å². The summed E-state index contributed by atoms with van der Waals surface area (Å²) in [6, 6.07) is 21.4. The third-order valence-corrected chi connectivity index (χ3v) is 5.21. The van der Waals surface area contributed by atoms with Crippen LogP contribution in [0.5, 0.6) is 0 Å². The summed E-state index contributed by atoms with van der Waals surface area (Å²) in [7, 11) is 0.525. The molecule has 0 saturated carbocycles. The summed E-state index contributed by atoms with van der Waals surface area (Å²) < 4.78 is 0. The zero-order chi connectivity index (χ0) is 13.3. The standard InChI is InChI=1S/C17H19ClSi/c18-19-17(13-11-15-7-3-1-4-8-15)14-12-16-9-5-2-6-10-16/h1-10,17H,11-14H2. The molecule has 2 aromatic rings. The molecule has 0 unspecified atom stereocenters. The van der Waals surface area contributed by atoms with Crippen molar-refractivity contribution in [2.75, 3.05) is 0 Å². The van der Waals surface area contributed by atoms with Gasteiger partial charge in [-0.05, 0) is 42.4 Å². The minimum absolute atomic E-state index is 0.525. The number of halogens is 1. The highest BCUT2D eigenvalue weighted by Gasteiger charge is 2.09. The van der Waals surface area contributed by atoms with E-state index in [1.807, 2.05) is 0 Å². The molecule has 0 aromatic heterocycles. The molecule has 0 saturated heterocycles. The summed E-state index contributed by atoms with van der Waals surface area (Å²) in [5.74, 6) is 0. The smallest absolute Gasteiger partial charge is 0.171 e. The van der Waals surface area contributed by atoms with E-state index in [2.05, 4.69) is 60.7 Å². The van der Waals surface area contributed by atoms with Crippen LogP contribution in [0.4, 0.5) is 0 Å². The van der Waals surface area contributed by atoms with Crippen LogP contribution >= 0.6 is 11.1 Å². The second-order valence-electron chi connectivity index (χ2n) is 4.85. The first kappa shape index (κ1) is 14.4. The minimum atomic E-state index is 0.525. The summed E-state index contributed by atoms with van der Waals surface area (Å²) >= 11 is 6.13. The molecule has 0 amide bonds. The molecule has 19 heavy (non-hydrogen) atoms. The van der Waals surface area contributed by atoms with Gasteiger partial charge in [-0.3, -0.25) is 0 Å². The van der Waals surface area contributed by atoms with Gasteiger partial charge in [0.2, 0.25) is 0 Å². The van der Waals surface area contributed by atoms with Crippen molar-refractivity contribution in [3.63, 3.8) is 0 Å². The van der Waals surface area contributed by atoms with E-state index in [0.29, 0.717) is 14.4 Å². The zero-order valence-electron chi connectivity index (χ0n) is 11.1. The Balaban J connectivity index is 1.77. The van der Waals surface area contributed by atoms with Crippen molar-refractivity contribution in [2.24, 2.45) is 0 Å². The maximum Gasteiger partial charge on any atom is 0.175 e. The Morgan fingerprint density at radius 1 is 0.737 bits per heavy atom. The Hall–Kier alpha value is -1.05. The van der Waals surface area contributed by atoms with Crippen molar-refractivity contribution in [1.29, 1.82) is 0 Å². The van der Waals surface area contributed by atoms with Crippen molar-refractivity contribution in [3.8, 4) is 0 Å². The van der Waals surface area contributed by atoms with Crippen molar-refractivity contribution < 1.29 is 0 Å². The number of aryl methyl sites for hydroxylation is 2. The Morgan fingerprint density at radius 2 is 1.16 bits per heavy atom. The van der Waals surface area contributed by atoms with Gasteiger partial charge < -0.3 is 0 Å². The van der Waals surface area contributed by atoms with Gasteiger partial charge in [-0.1, -0.05) is 60.7 Å². The minimum Gasteiger partial charge on any atom is -0.171 e. The van der Waals surface area contributed by atoms with Crippen molar-refractivity contribution in [3.05, 3.63) is 71.8 Å². The first-order valence-corrected chi connectivity index (χ1v) is 8.91. The second-order valence-corrected chi connectivity index (χ2v) is 6.54. The van der Waals surface area contributed by atoms with E-state index in [1.165, 1.54) is 24.0 Å². The maximum absolute atomic E-state index is 6.13. The third kappa shape index (κ3) is 5.21. The van der Waals surface area contributed by atoms with Gasteiger partial charge >= 0.3 is 0 Å². The number of rotatable bonds is 7. The van der Waals surface area contributed by atoms with Crippen molar-refractivity contribution in [1.82, 2.24) is 0 Å². The van der Waals surface area contributed by atoms with Gasteiger partial charge in [-0.2, -0.15) is 11.1 Å². The molecule has 0 aliphatic rings. The molecule has 2 heteroatoms. The van der Waals surface area contributed by atoms with Gasteiger partial charge in [0.25, 0.3) is 0 Å². The predicted molar refractivity (Wildman–Crippen MR) is 84.9 cm³/mol. The van der Waals surface area contributed by atoms with Crippen LogP contribution < -0.4 is 0 Å². The highest BCUT2D eigenvalue weighted by atomic mass is 35.6. The highest BCUT2D eigenvalue weighted by Crippen LogP contribution is 2.21. The van der Waals surface area contributed by atoms with E-state index in [0.717, 1.165) is 12.8 Å². The lowest BCUT2D eigenvalue weighted by molar-refractivity contribution is 0.674. The van der Waals surface area contributed by atoms with Gasteiger partial charge in [0, 0.05) is 0 Å². The van der Waals surface area contributed by atoms with Gasteiger partial charge in [-0.15, -0.1) is 0 Å². The summed E-state index contributed by atoms with van der Waals surface area (Å²) in [4.78, 5) is 0. The fraction of sp³-hybridized carbons (Fsp3) is 0.294. The van der Waals surface area contributed by atoms with Gasteiger partial charge in [0.1, 0.15) is 0 Å². The topological polar surface area (TPSA) is 0 Å². The summed E-state index contributed by atoms with van der Waals surface area (Å²) in [5, 5.41) is 0. The predicted octanol–water partition coefficient (Wildman–Crippen LogP) is 4.90. The number of hydrogen-bond acceptors (Lipinski definition) is 0. The van der Waals surface area contributed by atoms with Crippen LogP contribution in [0.1, 0.15) is 24.0 Å². The van der Waals surface area contributed by atoms with Crippen LogP contribution in [0.25, 0.3) is 0 Å². The van der Waals surface area contributed by atoms with Crippen LogP contribution in [-0.4, -0.2) is 8.83 Å². The largest absolute Gasteiger partial charge is 0.175 e. The zero-order valence-corrected chi connectivity index (χ0v) is 12.8. The normalized spacial score (nSPS) is 10.8. The average Bonchev–Trinajstić information content (AvgIpc) is 2.49. The Morgan fingerprint density at radius 3 is 1.53 bits per heavy atom. The highest BCUT2D eigenvalue weighted by molar-refractivity contribution is 6.94. The molecule has 0 nitrogen and oxygen atoms in total. The van der Waals surface area contributed by atoms with Crippen LogP contribution in [0.2, 0.25) is 5.54 Å². The molecule has 0 aliphatic carbocycles. The number of benzene rings is 2. The van der Waals surface area contributed by atoms with Gasteiger partial charge in [0.05, 0.1) is 0 Å². The van der Waals surface area contributed by atoms with E-state index in [1.54, 1.807) is 0 Å². The fourth-order valence-electron chi connectivity index (χ4n) is 2.22. The lowest BCUT2D eigenvalue weighted by Gasteiger charge is -2.12.